The van der Waals surface area contributed by atoms with E-state index in [1.807, 2.05) is 20.8 Å². The number of carbonyl (C=O) groups excluding carboxylic acids is 4. The second-order valence-electron chi connectivity index (χ2n) is 7.44. The summed E-state index contributed by atoms with van der Waals surface area (Å²) >= 11 is 0. The van der Waals surface area contributed by atoms with Crippen LogP contribution < -0.4 is 21.7 Å². The topological polar surface area (TPSA) is 130 Å². The lowest BCUT2D eigenvalue weighted by Gasteiger charge is -2.20. The molecular weight excluding hydrogens is 360 g/mol. The van der Waals surface area contributed by atoms with Gasteiger partial charge in [-0.3, -0.25) is 19.2 Å². The number of hydrogen-bond donors (Lipinski definition) is 4. The van der Waals surface area contributed by atoms with Gasteiger partial charge in [0.25, 0.3) is 0 Å². The minimum absolute atomic E-state index is 0.0879. The Morgan fingerprint density at radius 1 is 0.750 bits per heavy atom. The van der Waals surface area contributed by atoms with E-state index >= 15 is 0 Å². The standard InChI is InChI=1S/C20H38N4O4/c1-6-13(3)18(26)23-12-24-19(27)14(4)8-9-16(20(28)22-5)11-10-15(7-2)17(21)25/h13-16H,6-12H2,1-5H3,(H2,21,25)(H,22,28)(H,23,26)(H,24,27). The van der Waals surface area contributed by atoms with Crippen molar-refractivity contribution in [3.8, 4) is 0 Å². The molecule has 0 aliphatic carbocycles. The molecule has 5 N–H and O–H groups in total. The minimum atomic E-state index is -0.342. The van der Waals surface area contributed by atoms with Crippen LogP contribution in [0.25, 0.3) is 0 Å². The molecule has 0 radical (unpaired) electrons. The number of amides is 4. The van der Waals surface area contributed by atoms with Gasteiger partial charge in [-0.25, -0.2) is 0 Å². The first-order valence-electron chi connectivity index (χ1n) is 10.2. The summed E-state index contributed by atoms with van der Waals surface area (Å²) in [7, 11) is 1.58. The fourth-order valence-electron chi connectivity index (χ4n) is 2.90. The first-order chi connectivity index (χ1) is 13.2. The number of carbonyl (C=O) groups is 4. The summed E-state index contributed by atoms with van der Waals surface area (Å²) < 4.78 is 0. The summed E-state index contributed by atoms with van der Waals surface area (Å²) in [5.74, 6) is -1.56. The zero-order chi connectivity index (χ0) is 21.7. The highest BCUT2D eigenvalue weighted by Gasteiger charge is 2.23. The average molecular weight is 399 g/mol. The van der Waals surface area contributed by atoms with Crippen molar-refractivity contribution in [2.24, 2.45) is 29.4 Å². The van der Waals surface area contributed by atoms with Crippen LogP contribution in [0.4, 0.5) is 0 Å². The lowest BCUT2D eigenvalue weighted by Crippen LogP contribution is -2.41. The first-order valence-corrected chi connectivity index (χ1v) is 10.2. The molecule has 162 valence electrons. The van der Waals surface area contributed by atoms with Crippen LogP contribution in [-0.2, 0) is 19.2 Å². The Kier molecular flexibility index (Phi) is 12.9. The predicted molar refractivity (Wildman–Crippen MR) is 109 cm³/mol. The minimum Gasteiger partial charge on any atom is -0.369 e. The molecule has 0 aliphatic rings. The van der Waals surface area contributed by atoms with Crippen LogP contribution in [0.5, 0.6) is 0 Å². The van der Waals surface area contributed by atoms with Crippen LogP contribution >= 0.6 is 0 Å². The van der Waals surface area contributed by atoms with Crippen LogP contribution in [0.15, 0.2) is 0 Å². The number of primary amides is 1. The van der Waals surface area contributed by atoms with Gasteiger partial charge in [0.15, 0.2) is 0 Å². The van der Waals surface area contributed by atoms with E-state index in [2.05, 4.69) is 16.0 Å². The van der Waals surface area contributed by atoms with Crippen LogP contribution in [0.2, 0.25) is 0 Å². The first kappa shape index (κ1) is 25.9. The molecule has 0 fully saturated rings. The zero-order valence-electron chi connectivity index (χ0n) is 18.0. The Labute approximate surface area is 168 Å². The van der Waals surface area contributed by atoms with E-state index in [4.69, 9.17) is 5.73 Å². The third-order valence-electron chi connectivity index (χ3n) is 5.36. The quantitative estimate of drug-likeness (QED) is 0.328. The Balaban J connectivity index is 4.47. The smallest absolute Gasteiger partial charge is 0.224 e. The van der Waals surface area contributed by atoms with Crippen molar-refractivity contribution in [1.82, 2.24) is 16.0 Å². The van der Waals surface area contributed by atoms with E-state index in [0.29, 0.717) is 32.1 Å². The molecule has 0 aliphatic heterocycles. The molecule has 4 unspecified atom stereocenters. The molecule has 0 aromatic heterocycles. The molecule has 0 bridgehead atoms. The molecule has 0 rings (SSSR count). The Bertz CT molecular complexity index is 524. The summed E-state index contributed by atoms with van der Waals surface area (Å²) in [4.78, 5) is 47.4. The second kappa shape index (κ2) is 14.0. The Hall–Kier alpha value is -2.12. The van der Waals surface area contributed by atoms with Crippen LogP contribution in [0, 0.1) is 23.7 Å². The summed E-state index contributed by atoms with van der Waals surface area (Å²) in [6, 6.07) is 0. The van der Waals surface area contributed by atoms with Gasteiger partial charge in [0.1, 0.15) is 0 Å². The van der Waals surface area contributed by atoms with Gasteiger partial charge in [0.05, 0.1) is 6.67 Å². The largest absolute Gasteiger partial charge is 0.369 e. The Morgan fingerprint density at radius 2 is 1.25 bits per heavy atom. The molecule has 0 aromatic rings. The highest BCUT2D eigenvalue weighted by molar-refractivity contribution is 5.81. The normalized spacial score (nSPS) is 15.0. The molecule has 8 nitrogen and oxygen atoms in total. The third kappa shape index (κ3) is 9.71. The fraction of sp³-hybridized carbons (Fsp3) is 0.800. The molecule has 4 atom stereocenters. The van der Waals surface area contributed by atoms with E-state index in [1.165, 1.54) is 0 Å². The lowest BCUT2D eigenvalue weighted by atomic mass is 9.88. The van der Waals surface area contributed by atoms with Gasteiger partial charge in [0, 0.05) is 30.7 Å². The van der Waals surface area contributed by atoms with Crippen LogP contribution in [0.3, 0.4) is 0 Å². The van der Waals surface area contributed by atoms with Gasteiger partial charge in [-0.15, -0.1) is 0 Å². The van der Waals surface area contributed by atoms with Gasteiger partial charge in [-0.2, -0.15) is 0 Å². The predicted octanol–water partition coefficient (Wildman–Crippen LogP) is 1.29. The SMILES string of the molecule is CCC(C)C(=O)NCNC(=O)C(C)CCC(CCC(CC)C(N)=O)C(=O)NC. The van der Waals surface area contributed by atoms with Crippen molar-refractivity contribution < 1.29 is 19.2 Å². The van der Waals surface area contributed by atoms with E-state index in [0.717, 1.165) is 6.42 Å². The number of nitrogens with one attached hydrogen (secondary N) is 3. The summed E-state index contributed by atoms with van der Waals surface area (Å²) in [6.07, 6.45) is 3.59. The van der Waals surface area contributed by atoms with Crippen molar-refractivity contribution in [2.45, 2.75) is 66.2 Å². The lowest BCUT2D eigenvalue weighted by molar-refractivity contribution is -0.128. The van der Waals surface area contributed by atoms with Crippen molar-refractivity contribution in [2.75, 3.05) is 13.7 Å². The van der Waals surface area contributed by atoms with Crippen LogP contribution in [-0.4, -0.2) is 37.3 Å². The monoisotopic (exact) mass is 398 g/mol. The number of nitrogens with two attached hydrogens (primary N) is 1. The Morgan fingerprint density at radius 3 is 1.71 bits per heavy atom. The molecule has 0 saturated carbocycles. The van der Waals surface area contributed by atoms with E-state index in [1.54, 1.807) is 14.0 Å². The maximum atomic E-state index is 12.2. The van der Waals surface area contributed by atoms with Crippen LogP contribution in [0.1, 0.15) is 66.2 Å². The maximum Gasteiger partial charge on any atom is 0.224 e. The zero-order valence-corrected chi connectivity index (χ0v) is 18.0. The number of rotatable bonds is 14. The molecule has 0 heterocycles. The second-order valence-corrected chi connectivity index (χ2v) is 7.44. The number of hydrogen-bond acceptors (Lipinski definition) is 4. The molecule has 0 saturated heterocycles. The van der Waals surface area contributed by atoms with E-state index < -0.39 is 0 Å². The van der Waals surface area contributed by atoms with E-state index in [9.17, 15) is 19.2 Å². The van der Waals surface area contributed by atoms with Gasteiger partial charge in [-0.05, 0) is 38.5 Å². The molecule has 8 heteroatoms. The molecule has 0 aromatic carbocycles. The van der Waals surface area contributed by atoms with Crippen molar-refractivity contribution in [3.05, 3.63) is 0 Å². The average Bonchev–Trinajstić information content (AvgIpc) is 2.68. The summed E-state index contributed by atoms with van der Waals surface area (Å²) in [6.45, 7) is 7.56. The molecule has 0 spiro atoms. The highest BCUT2D eigenvalue weighted by atomic mass is 16.2. The van der Waals surface area contributed by atoms with Gasteiger partial charge < -0.3 is 21.7 Å². The van der Waals surface area contributed by atoms with Crippen molar-refractivity contribution in [3.63, 3.8) is 0 Å². The van der Waals surface area contributed by atoms with Crippen molar-refractivity contribution in [1.29, 1.82) is 0 Å². The third-order valence-corrected chi connectivity index (χ3v) is 5.36. The summed E-state index contributed by atoms with van der Waals surface area (Å²) in [5.41, 5.74) is 5.38. The maximum absolute atomic E-state index is 12.2. The summed E-state index contributed by atoms with van der Waals surface area (Å²) in [5, 5.41) is 8.03. The van der Waals surface area contributed by atoms with Crippen molar-refractivity contribution >= 4 is 23.6 Å². The molecular formula is C20H38N4O4. The molecule has 4 amide bonds. The van der Waals surface area contributed by atoms with Gasteiger partial charge in [0.2, 0.25) is 23.6 Å². The van der Waals surface area contributed by atoms with Gasteiger partial charge >= 0.3 is 0 Å². The fourth-order valence-corrected chi connectivity index (χ4v) is 2.90. The molecule has 28 heavy (non-hydrogen) atoms. The van der Waals surface area contributed by atoms with E-state index in [-0.39, 0.29) is 54.0 Å². The van der Waals surface area contributed by atoms with Gasteiger partial charge in [-0.1, -0.05) is 27.7 Å². The highest BCUT2D eigenvalue weighted by Crippen LogP contribution is 2.22.